The first-order chi connectivity index (χ1) is 12.9. The molecule has 1 atom stereocenters. The molecule has 2 aliphatic rings. The molecule has 0 spiro atoms. The van der Waals surface area contributed by atoms with Crippen LogP contribution in [0.5, 0.6) is 5.75 Å². The van der Waals surface area contributed by atoms with E-state index in [2.05, 4.69) is 5.32 Å². The van der Waals surface area contributed by atoms with Crippen LogP contribution in [0.2, 0.25) is 0 Å². The molecule has 0 saturated carbocycles. The molecule has 0 aromatic heterocycles. The number of nitrogens with zero attached hydrogens (tertiary/aromatic N) is 2. The van der Waals surface area contributed by atoms with Gasteiger partial charge in [0, 0.05) is 38.2 Å². The minimum absolute atomic E-state index is 0.0123. The highest BCUT2D eigenvalue weighted by Crippen LogP contribution is 2.24. The molecule has 2 heterocycles. The Labute approximate surface area is 159 Å². The topological polar surface area (TPSA) is 79.0 Å². The van der Waals surface area contributed by atoms with Crippen LogP contribution in [-0.2, 0) is 9.59 Å². The van der Waals surface area contributed by atoms with Crippen LogP contribution < -0.4 is 10.1 Å². The zero-order valence-corrected chi connectivity index (χ0v) is 16.2. The fraction of sp³-hybridized carbons (Fsp3) is 0.550. The number of nitrogens with one attached hydrogen (secondary N) is 1. The Hall–Kier alpha value is -2.57. The Morgan fingerprint density at radius 1 is 1.07 bits per heavy atom. The van der Waals surface area contributed by atoms with Crippen molar-refractivity contribution in [3.8, 4) is 5.75 Å². The number of amides is 3. The molecule has 1 aromatic carbocycles. The number of ether oxygens (including phenoxy) is 1. The van der Waals surface area contributed by atoms with Crippen molar-refractivity contribution in [2.45, 2.75) is 39.2 Å². The molecule has 3 rings (SSSR count). The molecule has 2 fully saturated rings. The van der Waals surface area contributed by atoms with Gasteiger partial charge in [0.25, 0.3) is 5.91 Å². The van der Waals surface area contributed by atoms with E-state index in [1.165, 1.54) is 0 Å². The Morgan fingerprint density at radius 3 is 2.44 bits per heavy atom. The van der Waals surface area contributed by atoms with Gasteiger partial charge in [-0.25, -0.2) is 0 Å². The van der Waals surface area contributed by atoms with Crippen LogP contribution in [0.3, 0.4) is 0 Å². The maximum absolute atomic E-state index is 13.0. The van der Waals surface area contributed by atoms with Gasteiger partial charge in [0.1, 0.15) is 11.8 Å². The third kappa shape index (κ3) is 4.07. The van der Waals surface area contributed by atoms with Gasteiger partial charge in [-0.1, -0.05) is 0 Å². The van der Waals surface area contributed by atoms with E-state index >= 15 is 0 Å². The van der Waals surface area contributed by atoms with Crippen LogP contribution in [-0.4, -0.2) is 66.9 Å². The lowest BCUT2D eigenvalue weighted by molar-refractivity contribution is -0.134. The van der Waals surface area contributed by atoms with Crippen LogP contribution in [0, 0.1) is 13.8 Å². The summed E-state index contributed by atoms with van der Waals surface area (Å²) >= 11 is 0. The van der Waals surface area contributed by atoms with Crippen LogP contribution in [0.25, 0.3) is 0 Å². The number of aryl methyl sites for hydroxylation is 2. The predicted molar refractivity (Wildman–Crippen MR) is 101 cm³/mol. The van der Waals surface area contributed by atoms with Gasteiger partial charge >= 0.3 is 0 Å². The first-order valence-corrected chi connectivity index (χ1v) is 9.43. The number of carbonyl (C=O) groups is 3. The largest absolute Gasteiger partial charge is 0.496 e. The van der Waals surface area contributed by atoms with Gasteiger partial charge < -0.3 is 19.9 Å². The molecular weight excluding hydrogens is 346 g/mol. The van der Waals surface area contributed by atoms with E-state index in [-0.39, 0.29) is 17.7 Å². The van der Waals surface area contributed by atoms with Crippen molar-refractivity contribution in [3.05, 3.63) is 28.8 Å². The summed E-state index contributed by atoms with van der Waals surface area (Å²) in [6, 6.07) is 3.35. The average Bonchev–Trinajstić information content (AvgIpc) is 2.94. The van der Waals surface area contributed by atoms with Crippen molar-refractivity contribution in [1.29, 1.82) is 0 Å². The van der Waals surface area contributed by atoms with Crippen molar-refractivity contribution in [2.75, 3.05) is 33.3 Å². The quantitative estimate of drug-likeness (QED) is 0.865. The van der Waals surface area contributed by atoms with Crippen molar-refractivity contribution < 1.29 is 19.1 Å². The summed E-state index contributed by atoms with van der Waals surface area (Å²) in [5.74, 6) is 0.661. The summed E-state index contributed by atoms with van der Waals surface area (Å²) in [7, 11) is 1.62. The monoisotopic (exact) mass is 373 g/mol. The smallest absolute Gasteiger partial charge is 0.254 e. The number of carbonyl (C=O) groups excluding carboxylic acids is 3. The molecule has 0 radical (unpaired) electrons. The molecule has 27 heavy (non-hydrogen) atoms. The Bertz CT molecular complexity index is 762. The molecule has 2 saturated heterocycles. The van der Waals surface area contributed by atoms with Gasteiger partial charge in [0.05, 0.1) is 7.11 Å². The van der Waals surface area contributed by atoms with E-state index in [0.29, 0.717) is 44.6 Å². The summed E-state index contributed by atoms with van der Waals surface area (Å²) in [6.07, 6.45) is 1.69. The van der Waals surface area contributed by atoms with E-state index in [0.717, 1.165) is 23.3 Å². The van der Waals surface area contributed by atoms with E-state index < -0.39 is 6.04 Å². The van der Waals surface area contributed by atoms with Crippen molar-refractivity contribution in [2.24, 2.45) is 0 Å². The Balaban J connectivity index is 1.67. The molecule has 7 nitrogen and oxygen atoms in total. The number of hydrogen-bond donors (Lipinski definition) is 1. The third-order valence-corrected chi connectivity index (χ3v) is 5.36. The van der Waals surface area contributed by atoms with Crippen molar-refractivity contribution in [3.63, 3.8) is 0 Å². The second-order valence-electron chi connectivity index (χ2n) is 7.27. The van der Waals surface area contributed by atoms with Gasteiger partial charge in [0.15, 0.2) is 0 Å². The predicted octanol–water partition coefficient (Wildman–Crippen LogP) is 1.27. The lowest BCUT2D eigenvalue weighted by Gasteiger charge is -2.25. The van der Waals surface area contributed by atoms with Crippen molar-refractivity contribution in [1.82, 2.24) is 15.1 Å². The van der Waals surface area contributed by atoms with E-state index in [4.69, 9.17) is 4.74 Å². The first kappa shape index (κ1) is 19.2. The zero-order valence-electron chi connectivity index (χ0n) is 16.2. The van der Waals surface area contributed by atoms with Gasteiger partial charge in [-0.15, -0.1) is 0 Å². The maximum Gasteiger partial charge on any atom is 0.254 e. The van der Waals surface area contributed by atoms with Crippen LogP contribution in [0.4, 0.5) is 0 Å². The molecule has 146 valence electrons. The fourth-order valence-corrected chi connectivity index (χ4v) is 3.77. The van der Waals surface area contributed by atoms with Crippen molar-refractivity contribution >= 4 is 17.7 Å². The summed E-state index contributed by atoms with van der Waals surface area (Å²) in [6.45, 7) is 6.04. The Morgan fingerprint density at radius 2 is 1.78 bits per heavy atom. The first-order valence-electron chi connectivity index (χ1n) is 9.43. The minimum atomic E-state index is -0.411. The highest BCUT2D eigenvalue weighted by molar-refractivity contribution is 5.96. The lowest BCUT2D eigenvalue weighted by Crippen LogP contribution is -2.46. The van der Waals surface area contributed by atoms with Gasteiger partial charge in [-0.3, -0.25) is 14.4 Å². The van der Waals surface area contributed by atoms with Gasteiger partial charge in [-0.05, 0) is 49.9 Å². The van der Waals surface area contributed by atoms with Crippen LogP contribution >= 0.6 is 0 Å². The summed E-state index contributed by atoms with van der Waals surface area (Å²) < 4.78 is 5.32. The zero-order chi connectivity index (χ0) is 19.6. The third-order valence-electron chi connectivity index (χ3n) is 5.36. The molecule has 2 aliphatic heterocycles. The van der Waals surface area contributed by atoms with Gasteiger partial charge in [-0.2, -0.15) is 0 Å². The molecule has 1 N–H and O–H groups in total. The number of rotatable bonds is 3. The highest BCUT2D eigenvalue weighted by atomic mass is 16.5. The van der Waals surface area contributed by atoms with Crippen LogP contribution in [0.1, 0.15) is 40.7 Å². The number of methoxy groups -OCH3 is 1. The average molecular weight is 373 g/mol. The number of hydrogen-bond acceptors (Lipinski definition) is 4. The van der Waals surface area contributed by atoms with E-state index in [1.807, 2.05) is 30.9 Å². The summed E-state index contributed by atoms with van der Waals surface area (Å²) in [4.78, 5) is 40.6. The standard InChI is InChI=1S/C20H27N3O4/c1-13-12-17(27-3)14(2)11-15(13)19(25)22-7-4-8-23(10-9-22)20(26)16-5-6-18(24)21-16/h11-12,16H,4-10H2,1-3H3,(H,21,24). The summed E-state index contributed by atoms with van der Waals surface area (Å²) in [5, 5.41) is 2.73. The van der Waals surface area contributed by atoms with E-state index in [9.17, 15) is 14.4 Å². The molecule has 0 bridgehead atoms. The maximum atomic E-state index is 13.0. The van der Waals surface area contributed by atoms with Gasteiger partial charge in [0.2, 0.25) is 11.8 Å². The molecule has 1 unspecified atom stereocenters. The fourth-order valence-electron chi connectivity index (χ4n) is 3.77. The molecule has 1 aromatic rings. The second-order valence-corrected chi connectivity index (χ2v) is 7.27. The lowest BCUT2D eigenvalue weighted by atomic mass is 10.0. The molecule has 7 heteroatoms. The molecular formula is C20H27N3O4. The SMILES string of the molecule is COc1cc(C)c(C(=O)N2CCCN(C(=O)C3CCC(=O)N3)CC2)cc1C. The Kier molecular flexibility index (Phi) is 5.68. The summed E-state index contributed by atoms with van der Waals surface area (Å²) in [5.41, 5.74) is 2.49. The molecule has 3 amide bonds. The minimum Gasteiger partial charge on any atom is -0.496 e. The highest BCUT2D eigenvalue weighted by Gasteiger charge is 2.32. The molecule has 0 aliphatic carbocycles. The number of benzene rings is 1. The second kappa shape index (κ2) is 7.98. The normalized spacial score (nSPS) is 20.3. The van der Waals surface area contributed by atoms with Crippen LogP contribution in [0.15, 0.2) is 12.1 Å². The van der Waals surface area contributed by atoms with E-state index in [1.54, 1.807) is 12.0 Å².